The van der Waals surface area contributed by atoms with Crippen LogP contribution < -0.4 is 0 Å². The van der Waals surface area contributed by atoms with E-state index in [4.69, 9.17) is 0 Å². The lowest BCUT2D eigenvalue weighted by Crippen LogP contribution is -2.13. The third-order valence-corrected chi connectivity index (χ3v) is 6.93. The van der Waals surface area contributed by atoms with E-state index in [1.165, 1.54) is 18.2 Å². The van der Waals surface area contributed by atoms with Gasteiger partial charge in [-0.25, -0.2) is 22.0 Å². The first kappa shape index (κ1) is 21.2. The monoisotopic (exact) mass is 442 g/mol. The summed E-state index contributed by atoms with van der Waals surface area (Å²) in [6, 6.07) is 7.40. The highest BCUT2D eigenvalue weighted by Crippen LogP contribution is 2.54. The molecule has 2 aliphatic rings. The normalized spacial score (nSPS) is 15.3. The van der Waals surface area contributed by atoms with Crippen LogP contribution in [0.2, 0.25) is 0 Å². The van der Waals surface area contributed by atoms with Gasteiger partial charge in [-0.3, -0.25) is 0 Å². The quantitative estimate of drug-likeness (QED) is 0.277. The average molecular weight is 442 g/mol. The Morgan fingerprint density at radius 2 is 1.28 bits per heavy atom. The Kier molecular flexibility index (Phi) is 5.31. The predicted molar refractivity (Wildman–Crippen MR) is 116 cm³/mol. The van der Waals surface area contributed by atoms with E-state index in [9.17, 15) is 13.2 Å². The average Bonchev–Trinajstić information content (AvgIpc) is 2.78. The van der Waals surface area contributed by atoms with Crippen LogP contribution in [0, 0.1) is 29.1 Å². The molecule has 0 amide bonds. The highest BCUT2D eigenvalue weighted by Gasteiger charge is 2.36. The molecule has 0 unspecified atom stereocenters. The van der Waals surface area contributed by atoms with Gasteiger partial charge in [-0.1, -0.05) is 56.9 Å². The van der Waals surface area contributed by atoms with Crippen LogP contribution in [0.3, 0.4) is 0 Å². The van der Waals surface area contributed by atoms with Crippen LogP contribution in [0.1, 0.15) is 62.5 Å². The molecular weight excluding hydrogens is 419 g/mol. The predicted octanol–water partition coefficient (Wildman–Crippen LogP) is 8.70. The van der Waals surface area contributed by atoms with Crippen LogP contribution in [0.4, 0.5) is 22.0 Å². The Balaban J connectivity index is 1.59. The van der Waals surface area contributed by atoms with Crippen molar-refractivity contribution in [1.82, 2.24) is 0 Å². The molecule has 0 aliphatic heterocycles. The first-order valence-corrected chi connectivity index (χ1v) is 11.3. The maximum absolute atomic E-state index is 15.4. The Morgan fingerprint density at radius 3 is 2.00 bits per heavy atom. The number of hydrogen-bond acceptors (Lipinski definition) is 0. The van der Waals surface area contributed by atoms with Gasteiger partial charge >= 0.3 is 0 Å². The topological polar surface area (TPSA) is 0 Å². The molecule has 0 saturated heterocycles. The van der Waals surface area contributed by atoms with Crippen molar-refractivity contribution in [3.05, 3.63) is 70.5 Å². The van der Waals surface area contributed by atoms with Gasteiger partial charge in [0.15, 0.2) is 23.3 Å². The first-order valence-electron chi connectivity index (χ1n) is 11.3. The van der Waals surface area contributed by atoms with Gasteiger partial charge in [0, 0.05) is 22.3 Å². The number of benzene rings is 3. The molecule has 3 aromatic rings. The lowest BCUT2D eigenvalue weighted by atomic mass is 9.74. The van der Waals surface area contributed by atoms with Crippen molar-refractivity contribution in [1.29, 1.82) is 0 Å². The number of halogens is 5. The van der Waals surface area contributed by atoms with Crippen molar-refractivity contribution in [2.24, 2.45) is 0 Å². The number of rotatable bonds is 4. The summed E-state index contributed by atoms with van der Waals surface area (Å²) < 4.78 is 74.6. The second-order valence-electron chi connectivity index (χ2n) is 8.85. The summed E-state index contributed by atoms with van der Waals surface area (Å²) >= 11 is 0. The van der Waals surface area contributed by atoms with Crippen LogP contribution in [-0.2, 0) is 6.42 Å². The van der Waals surface area contributed by atoms with Gasteiger partial charge in [-0.05, 0) is 53.5 Å². The molecule has 166 valence electrons. The van der Waals surface area contributed by atoms with E-state index in [0.29, 0.717) is 29.5 Å². The SMILES string of the molecule is CCCc1ccc(-c2ccc3c(c2F)-c2c-3cc(C3CCCCC3)c(F)c2F)c(F)c1F. The van der Waals surface area contributed by atoms with E-state index in [1.54, 1.807) is 12.1 Å². The third kappa shape index (κ3) is 3.08. The smallest absolute Gasteiger partial charge is 0.167 e. The summed E-state index contributed by atoms with van der Waals surface area (Å²) in [6.45, 7) is 1.85. The lowest BCUT2D eigenvalue weighted by Gasteiger charge is -2.30. The maximum atomic E-state index is 15.4. The molecule has 1 saturated carbocycles. The molecule has 0 spiro atoms. The van der Waals surface area contributed by atoms with Crippen LogP contribution in [0.15, 0.2) is 30.3 Å². The minimum absolute atomic E-state index is 0.0320. The lowest BCUT2D eigenvalue weighted by molar-refractivity contribution is 0.417. The minimum atomic E-state index is -1.13. The van der Waals surface area contributed by atoms with E-state index in [0.717, 1.165) is 32.1 Å². The summed E-state index contributed by atoms with van der Waals surface area (Å²) in [5, 5.41) is 0. The molecule has 0 heterocycles. The summed E-state index contributed by atoms with van der Waals surface area (Å²) in [5.41, 5.74) is 0.973. The number of hydrogen-bond donors (Lipinski definition) is 0. The molecule has 1 fully saturated rings. The molecule has 0 N–H and O–H groups in total. The van der Waals surface area contributed by atoms with Gasteiger partial charge in [-0.15, -0.1) is 0 Å². The molecule has 0 radical (unpaired) electrons. The van der Waals surface area contributed by atoms with Crippen molar-refractivity contribution >= 4 is 0 Å². The second kappa shape index (κ2) is 8.02. The molecule has 5 rings (SSSR count). The molecule has 0 nitrogen and oxygen atoms in total. The fourth-order valence-corrected chi connectivity index (χ4v) is 5.26. The van der Waals surface area contributed by atoms with E-state index in [1.807, 2.05) is 6.92 Å². The Bertz CT molecular complexity index is 1220. The minimum Gasteiger partial charge on any atom is -0.206 e. The molecule has 0 atom stereocenters. The second-order valence-corrected chi connectivity index (χ2v) is 8.85. The zero-order valence-electron chi connectivity index (χ0n) is 17.8. The van der Waals surface area contributed by atoms with E-state index in [2.05, 4.69) is 0 Å². The molecule has 2 aliphatic carbocycles. The Morgan fingerprint density at radius 1 is 0.656 bits per heavy atom. The Labute approximate surface area is 184 Å². The molecule has 5 heteroatoms. The number of fused-ring (bicyclic) bond motifs is 4. The zero-order valence-corrected chi connectivity index (χ0v) is 17.8. The number of aryl methyl sites for hydroxylation is 1. The molecular formula is C27H23F5. The van der Waals surface area contributed by atoms with Crippen LogP contribution >= 0.6 is 0 Å². The molecule has 0 aromatic heterocycles. The van der Waals surface area contributed by atoms with Crippen molar-refractivity contribution < 1.29 is 22.0 Å². The van der Waals surface area contributed by atoms with Gasteiger partial charge in [0.2, 0.25) is 0 Å². The highest BCUT2D eigenvalue weighted by atomic mass is 19.2. The molecule has 32 heavy (non-hydrogen) atoms. The molecule has 3 aromatic carbocycles. The summed E-state index contributed by atoms with van der Waals surface area (Å²) in [7, 11) is 0. The van der Waals surface area contributed by atoms with Crippen molar-refractivity contribution in [2.75, 3.05) is 0 Å². The van der Waals surface area contributed by atoms with Crippen molar-refractivity contribution in [2.45, 2.75) is 57.8 Å². The summed E-state index contributed by atoms with van der Waals surface area (Å²) in [4.78, 5) is 0. The van der Waals surface area contributed by atoms with Crippen LogP contribution in [0.5, 0.6) is 0 Å². The fraction of sp³-hybridized carbons (Fsp3) is 0.333. The Hall–Kier alpha value is -2.69. The standard InChI is InChI=1S/C27H23F5/c1-2-6-15-9-10-18(25(30)23(15)28)17-12-11-16-20-13-19(14-7-4-3-5-8-14)26(31)27(32)22(20)21(16)24(17)29/h9-14H,2-8H2,1H3. The fourth-order valence-electron chi connectivity index (χ4n) is 5.26. The van der Waals surface area contributed by atoms with Gasteiger partial charge in [0.05, 0.1) is 0 Å². The highest BCUT2D eigenvalue weighted by molar-refractivity contribution is 6.04. The van der Waals surface area contributed by atoms with E-state index >= 15 is 8.78 Å². The van der Waals surface area contributed by atoms with Crippen molar-refractivity contribution in [3.8, 4) is 33.4 Å². The zero-order chi connectivity index (χ0) is 22.6. The first-order chi connectivity index (χ1) is 15.4. The van der Waals surface area contributed by atoms with Crippen molar-refractivity contribution in [3.63, 3.8) is 0 Å². The van der Waals surface area contributed by atoms with Gasteiger partial charge < -0.3 is 0 Å². The summed E-state index contributed by atoms with van der Waals surface area (Å²) in [5.74, 6) is -5.01. The van der Waals surface area contributed by atoms with Crippen LogP contribution in [-0.4, -0.2) is 0 Å². The van der Waals surface area contributed by atoms with Crippen LogP contribution in [0.25, 0.3) is 33.4 Å². The summed E-state index contributed by atoms with van der Waals surface area (Å²) in [6.07, 6.45) is 5.71. The van der Waals surface area contributed by atoms with Gasteiger partial charge in [0.25, 0.3) is 0 Å². The molecule has 0 bridgehead atoms. The largest absolute Gasteiger partial charge is 0.206 e. The van der Waals surface area contributed by atoms with E-state index < -0.39 is 29.1 Å². The van der Waals surface area contributed by atoms with E-state index in [-0.39, 0.29) is 33.7 Å². The van der Waals surface area contributed by atoms with Gasteiger partial charge in [-0.2, -0.15) is 0 Å². The van der Waals surface area contributed by atoms with Gasteiger partial charge in [0.1, 0.15) is 5.82 Å². The third-order valence-electron chi connectivity index (χ3n) is 6.93. The maximum Gasteiger partial charge on any atom is 0.167 e.